The fourth-order valence-electron chi connectivity index (χ4n) is 3.90. The molecule has 1 amide bonds. The second-order valence-corrected chi connectivity index (χ2v) is 8.42. The lowest BCUT2D eigenvalue weighted by atomic mass is 9.76. The molecule has 4 rings (SSSR count). The summed E-state index contributed by atoms with van der Waals surface area (Å²) in [5.41, 5.74) is 2.35. The average Bonchev–Trinajstić information content (AvgIpc) is 2.84. The van der Waals surface area contributed by atoms with Crippen molar-refractivity contribution in [3.05, 3.63) is 108 Å². The number of carbonyl (C=O) groups is 2. The molecule has 5 nitrogen and oxygen atoms in total. The summed E-state index contributed by atoms with van der Waals surface area (Å²) in [7, 11) is 1.36. The maximum Gasteiger partial charge on any atom is 0.315 e. The highest BCUT2D eigenvalue weighted by molar-refractivity contribution is 8.00. The number of carbonyl (C=O) groups excluding carboxylic acids is 2. The Morgan fingerprint density at radius 3 is 1.74 bits per heavy atom. The van der Waals surface area contributed by atoms with E-state index in [9.17, 15) is 9.59 Å². The summed E-state index contributed by atoms with van der Waals surface area (Å²) in [5, 5.41) is 6.34. The molecule has 0 aliphatic carbocycles. The van der Waals surface area contributed by atoms with Crippen molar-refractivity contribution in [2.24, 2.45) is 0 Å². The number of amides is 1. The summed E-state index contributed by atoms with van der Waals surface area (Å²) in [6.45, 7) is 0. The quantitative estimate of drug-likeness (QED) is 0.325. The minimum Gasteiger partial charge on any atom is -0.468 e. The average molecular weight is 433 g/mol. The van der Waals surface area contributed by atoms with Gasteiger partial charge in [0.2, 0.25) is 5.91 Å². The van der Waals surface area contributed by atoms with Gasteiger partial charge >= 0.3 is 5.97 Å². The molecular formula is C25H24N2O3S. The molecule has 3 aromatic rings. The highest BCUT2D eigenvalue weighted by Gasteiger charge is 2.47. The largest absolute Gasteiger partial charge is 0.468 e. The summed E-state index contributed by atoms with van der Waals surface area (Å²) in [6.07, 6.45) is 0. The van der Waals surface area contributed by atoms with Crippen LogP contribution in [0.5, 0.6) is 0 Å². The molecule has 0 saturated carbocycles. The van der Waals surface area contributed by atoms with E-state index in [2.05, 4.69) is 47.0 Å². The predicted octanol–water partition coefficient (Wildman–Crippen LogP) is 3.30. The lowest BCUT2D eigenvalue weighted by molar-refractivity contribution is -0.137. The second kappa shape index (κ2) is 9.37. The molecule has 0 radical (unpaired) electrons. The van der Waals surface area contributed by atoms with Gasteiger partial charge in [-0.15, -0.1) is 11.8 Å². The molecule has 1 fully saturated rings. The lowest BCUT2D eigenvalue weighted by Crippen LogP contribution is -2.70. The predicted molar refractivity (Wildman–Crippen MR) is 123 cm³/mol. The van der Waals surface area contributed by atoms with Crippen LogP contribution in [0.1, 0.15) is 16.7 Å². The Bertz CT molecular complexity index is 932. The van der Waals surface area contributed by atoms with Crippen LogP contribution in [0.15, 0.2) is 91.0 Å². The van der Waals surface area contributed by atoms with Crippen molar-refractivity contribution in [2.75, 3.05) is 12.9 Å². The van der Waals surface area contributed by atoms with Gasteiger partial charge in [-0.1, -0.05) is 91.0 Å². The number of hydrogen-bond acceptors (Lipinski definition) is 5. The highest BCUT2D eigenvalue weighted by Crippen LogP contribution is 2.38. The van der Waals surface area contributed by atoms with Gasteiger partial charge in [-0.05, 0) is 16.7 Å². The zero-order valence-electron chi connectivity index (χ0n) is 17.2. The van der Waals surface area contributed by atoms with Gasteiger partial charge in [0.15, 0.2) is 0 Å². The van der Waals surface area contributed by atoms with Gasteiger partial charge in [-0.2, -0.15) is 0 Å². The molecule has 31 heavy (non-hydrogen) atoms. The number of hydrogen-bond donors (Lipinski definition) is 2. The molecule has 0 spiro atoms. The van der Waals surface area contributed by atoms with Gasteiger partial charge in [0.1, 0.15) is 6.04 Å². The zero-order valence-corrected chi connectivity index (χ0v) is 18.0. The van der Waals surface area contributed by atoms with Crippen LogP contribution in [-0.4, -0.2) is 36.2 Å². The van der Waals surface area contributed by atoms with E-state index in [1.54, 1.807) is 0 Å². The van der Waals surface area contributed by atoms with Crippen LogP contribution in [0.3, 0.4) is 0 Å². The smallest absolute Gasteiger partial charge is 0.315 e. The number of rotatable bonds is 8. The van der Waals surface area contributed by atoms with E-state index in [-0.39, 0.29) is 23.0 Å². The Hall–Kier alpha value is -3.09. The molecule has 3 aromatic carbocycles. The molecule has 0 aromatic heterocycles. The fraction of sp³-hybridized carbons (Fsp3) is 0.200. The van der Waals surface area contributed by atoms with E-state index in [0.717, 1.165) is 16.7 Å². The Balaban J connectivity index is 1.79. The number of methoxy groups -OCH3 is 1. The monoisotopic (exact) mass is 432 g/mol. The molecule has 2 unspecified atom stereocenters. The number of β-lactam (4-membered cyclic amide) rings is 1. The second-order valence-electron chi connectivity index (χ2n) is 7.29. The van der Waals surface area contributed by atoms with Gasteiger partial charge in [0.05, 0.1) is 23.8 Å². The normalized spacial score (nSPS) is 18.0. The summed E-state index contributed by atoms with van der Waals surface area (Å²) >= 11 is 1.37. The molecule has 2 atom stereocenters. The van der Waals surface area contributed by atoms with E-state index in [1.165, 1.54) is 18.9 Å². The van der Waals surface area contributed by atoms with Crippen molar-refractivity contribution < 1.29 is 14.3 Å². The number of esters is 1. The van der Waals surface area contributed by atoms with Crippen molar-refractivity contribution in [2.45, 2.75) is 17.0 Å². The van der Waals surface area contributed by atoms with Crippen molar-refractivity contribution in [1.82, 2.24) is 10.6 Å². The van der Waals surface area contributed by atoms with E-state index in [1.807, 2.05) is 54.6 Å². The molecule has 6 heteroatoms. The van der Waals surface area contributed by atoms with Crippen molar-refractivity contribution in [3.63, 3.8) is 0 Å². The summed E-state index contributed by atoms with van der Waals surface area (Å²) in [6, 6.07) is 29.9. The van der Waals surface area contributed by atoms with Crippen LogP contribution in [0.25, 0.3) is 0 Å². The SMILES string of the molecule is COC(=O)CSC1NC(=O)C1NC(c1ccccc1)(c1ccccc1)c1ccccc1. The van der Waals surface area contributed by atoms with Gasteiger partial charge in [0.25, 0.3) is 0 Å². The first kappa shape index (κ1) is 21.2. The van der Waals surface area contributed by atoms with Crippen LogP contribution < -0.4 is 10.6 Å². The zero-order chi connectivity index (χ0) is 21.7. The van der Waals surface area contributed by atoms with Gasteiger partial charge in [0, 0.05) is 0 Å². The summed E-state index contributed by atoms with van der Waals surface area (Å²) in [4.78, 5) is 24.2. The topological polar surface area (TPSA) is 67.4 Å². The first-order chi connectivity index (χ1) is 15.1. The Kier molecular flexibility index (Phi) is 6.39. The van der Waals surface area contributed by atoms with E-state index >= 15 is 0 Å². The molecule has 1 aliphatic heterocycles. The number of benzene rings is 3. The molecule has 1 heterocycles. The van der Waals surface area contributed by atoms with Crippen LogP contribution in [0, 0.1) is 0 Å². The minimum absolute atomic E-state index is 0.0884. The Labute approximate surface area is 186 Å². The summed E-state index contributed by atoms with van der Waals surface area (Å²) < 4.78 is 4.75. The van der Waals surface area contributed by atoms with Gasteiger partial charge in [-0.25, -0.2) is 0 Å². The van der Waals surface area contributed by atoms with Crippen LogP contribution in [0.2, 0.25) is 0 Å². The van der Waals surface area contributed by atoms with Crippen LogP contribution in [-0.2, 0) is 19.9 Å². The van der Waals surface area contributed by atoms with Gasteiger partial charge in [-0.3, -0.25) is 14.9 Å². The first-order valence-corrected chi connectivity index (χ1v) is 11.1. The lowest BCUT2D eigenvalue weighted by Gasteiger charge is -2.45. The third-order valence-electron chi connectivity index (χ3n) is 5.47. The Morgan fingerprint density at radius 1 is 0.903 bits per heavy atom. The molecule has 158 valence electrons. The Morgan fingerprint density at radius 2 is 1.35 bits per heavy atom. The number of ether oxygens (including phenoxy) is 1. The molecule has 2 N–H and O–H groups in total. The van der Waals surface area contributed by atoms with Crippen molar-refractivity contribution >= 4 is 23.6 Å². The van der Waals surface area contributed by atoms with Crippen molar-refractivity contribution in [3.8, 4) is 0 Å². The first-order valence-electron chi connectivity index (χ1n) is 10.1. The molecule has 1 aliphatic rings. The number of nitrogens with one attached hydrogen (secondary N) is 2. The van der Waals surface area contributed by atoms with E-state index in [0.29, 0.717) is 0 Å². The maximum atomic E-state index is 12.6. The van der Waals surface area contributed by atoms with Crippen molar-refractivity contribution in [1.29, 1.82) is 0 Å². The molecule has 0 bridgehead atoms. The third-order valence-corrected chi connectivity index (χ3v) is 6.62. The maximum absolute atomic E-state index is 12.6. The molecular weight excluding hydrogens is 408 g/mol. The minimum atomic E-state index is -0.740. The van der Waals surface area contributed by atoms with E-state index < -0.39 is 11.6 Å². The number of thioether (sulfide) groups is 1. The van der Waals surface area contributed by atoms with Crippen LogP contribution >= 0.6 is 11.8 Å². The molecule has 1 saturated heterocycles. The van der Waals surface area contributed by atoms with Gasteiger partial charge < -0.3 is 10.1 Å². The third kappa shape index (κ3) is 4.22. The standard InChI is InChI=1S/C25H24N2O3S/c1-30-21(28)17-31-24-22(23(29)26-24)27-25(18-11-5-2-6-12-18,19-13-7-3-8-14-19)20-15-9-4-10-16-20/h2-16,22,24,27H,17H2,1H3,(H,26,29). The highest BCUT2D eigenvalue weighted by atomic mass is 32.2. The fourth-order valence-corrected chi connectivity index (χ4v) is 4.92. The summed E-state index contributed by atoms with van der Waals surface area (Å²) in [5.74, 6) is -0.228. The van der Waals surface area contributed by atoms with E-state index in [4.69, 9.17) is 4.74 Å². The van der Waals surface area contributed by atoms with Crippen LogP contribution in [0.4, 0.5) is 0 Å².